The van der Waals surface area contributed by atoms with Crippen molar-refractivity contribution in [2.24, 2.45) is 5.92 Å². The minimum Gasteiger partial charge on any atom is -0.468 e. The lowest BCUT2D eigenvalue weighted by Crippen LogP contribution is -2.21. The molecule has 1 aromatic heterocycles. The normalized spacial score (nSPS) is 19.2. The van der Waals surface area contributed by atoms with Crippen LogP contribution in [-0.4, -0.2) is 23.8 Å². The van der Waals surface area contributed by atoms with Crippen LogP contribution in [0.3, 0.4) is 0 Å². The van der Waals surface area contributed by atoms with Crippen LogP contribution in [0.2, 0.25) is 0 Å². The Hall–Kier alpha value is -1.71. The molecule has 0 N–H and O–H groups in total. The molecule has 0 amide bonds. The molecule has 1 atom stereocenters. The average Bonchev–Trinajstić information content (AvgIpc) is 2.56. The predicted molar refractivity (Wildman–Crippen MR) is 47.8 cm³/mol. The number of Topliss-reactive ketones (excluding diaryl/α,β-unsaturated/α-hetero) is 1. The zero-order chi connectivity index (χ0) is 10.1. The van der Waals surface area contributed by atoms with Crippen LogP contribution in [0.4, 0.5) is 0 Å². The van der Waals surface area contributed by atoms with Crippen LogP contribution >= 0.6 is 0 Å². The second-order valence-electron chi connectivity index (χ2n) is 3.14. The van der Waals surface area contributed by atoms with E-state index < -0.39 is 11.9 Å². The Balaban J connectivity index is 2.35. The molecular formula is C10H9NO3. The van der Waals surface area contributed by atoms with E-state index in [9.17, 15) is 9.59 Å². The maximum Gasteiger partial charge on any atom is 0.316 e. The number of carbonyl (C=O) groups excluding carboxylic acids is 2. The molecule has 1 aliphatic carbocycles. The zero-order valence-corrected chi connectivity index (χ0v) is 7.69. The van der Waals surface area contributed by atoms with E-state index in [0.717, 1.165) is 0 Å². The van der Waals surface area contributed by atoms with Gasteiger partial charge in [-0.05, 0) is 12.1 Å². The van der Waals surface area contributed by atoms with Gasteiger partial charge in [-0.3, -0.25) is 14.6 Å². The number of aromatic nitrogens is 1. The Morgan fingerprint density at radius 2 is 2.43 bits per heavy atom. The summed E-state index contributed by atoms with van der Waals surface area (Å²) in [6, 6.07) is 3.38. The zero-order valence-electron chi connectivity index (χ0n) is 7.69. The summed E-state index contributed by atoms with van der Waals surface area (Å²) in [6.45, 7) is 0. The fourth-order valence-electron chi connectivity index (χ4n) is 1.63. The van der Waals surface area contributed by atoms with Gasteiger partial charge in [-0.15, -0.1) is 0 Å². The summed E-state index contributed by atoms with van der Waals surface area (Å²) in [7, 11) is 1.28. The molecule has 1 aromatic rings. The number of nitrogens with zero attached hydrogens (tertiary/aromatic N) is 1. The number of fused-ring (bicyclic) bond motifs is 1. The third kappa shape index (κ3) is 1.19. The van der Waals surface area contributed by atoms with E-state index in [1.807, 2.05) is 0 Å². The maximum absolute atomic E-state index is 11.7. The van der Waals surface area contributed by atoms with Gasteiger partial charge in [0.2, 0.25) is 0 Å². The van der Waals surface area contributed by atoms with Gasteiger partial charge < -0.3 is 4.74 Å². The number of ether oxygens (including phenoxy) is 1. The second kappa shape index (κ2) is 3.21. The van der Waals surface area contributed by atoms with Crippen LogP contribution in [-0.2, 0) is 16.0 Å². The van der Waals surface area contributed by atoms with E-state index in [4.69, 9.17) is 0 Å². The molecule has 2 rings (SSSR count). The SMILES string of the molecule is COC(=O)C1Cc2ncccc2C1=O. The molecule has 14 heavy (non-hydrogen) atoms. The van der Waals surface area contributed by atoms with Gasteiger partial charge in [-0.25, -0.2) is 0 Å². The maximum atomic E-state index is 11.7. The lowest BCUT2D eigenvalue weighted by molar-refractivity contribution is -0.143. The summed E-state index contributed by atoms with van der Waals surface area (Å²) in [5, 5.41) is 0. The fraction of sp³-hybridized carbons (Fsp3) is 0.300. The first-order valence-electron chi connectivity index (χ1n) is 4.30. The summed E-state index contributed by atoms with van der Waals surface area (Å²) in [4.78, 5) is 26.9. The van der Waals surface area contributed by atoms with Crippen LogP contribution in [0.25, 0.3) is 0 Å². The topological polar surface area (TPSA) is 56.3 Å². The largest absolute Gasteiger partial charge is 0.468 e. The molecule has 1 aliphatic rings. The number of methoxy groups -OCH3 is 1. The monoisotopic (exact) mass is 191 g/mol. The summed E-state index contributed by atoms with van der Waals surface area (Å²) in [5.41, 5.74) is 1.23. The molecule has 0 radical (unpaired) electrons. The molecule has 72 valence electrons. The number of carbonyl (C=O) groups is 2. The van der Waals surface area contributed by atoms with Crippen molar-refractivity contribution >= 4 is 11.8 Å². The quantitative estimate of drug-likeness (QED) is 0.482. The van der Waals surface area contributed by atoms with E-state index in [-0.39, 0.29) is 5.78 Å². The Kier molecular flexibility index (Phi) is 2.04. The molecule has 4 heteroatoms. The number of pyridine rings is 1. The van der Waals surface area contributed by atoms with E-state index in [2.05, 4.69) is 9.72 Å². The highest BCUT2D eigenvalue weighted by Crippen LogP contribution is 2.25. The highest BCUT2D eigenvalue weighted by molar-refractivity contribution is 6.11. The van der Waals surface area contributed by atoms with Crippen LogP contribution in [0.1, 0.15) is 16.1 Å². The predicted octanol–water partition coefficient (Wildman–Crippen LogP) is 0.610. The number of ketones is 1. The van der Waals surface area contributed by atoms with Crippen molar-refractivity contribution in [2.75, 3.05) is 7.11 Å². The molecule has 0 fully saturated rings. The highest BCUT2D eigenvalue weighted by Gasteiger charge is 2.37. The summed E-state index contributed by atoms with van der Waals surface area (Å²) in [5.74, 6) is -1.35. The molecule has 0 aliphatic heterocycles. The molecule has 1 heterocycles. The third-order valence-corrected chi connectivity index (χ3v) is 2.36. The molecule has 0 saturated heterocycles. The fourth-order valence-corrected chi connectivity index (χ4v) is 1.63. The summed E-state index contributed by atoms with van der Waals surface area (Å²) < 4.78 is 4.55. The minimum absolute atomic E-state index is 0.181. The summed E-state index contributed by atoms with van der Waals surface area (Å²) >= 11 is 0. The molecular weight excluding hydrogens is 182 g/mol. The van der Waals surface area contributed by atoms with Crippen molar-refractivity contribution in [1.29, 1.82) is 0 Å². The first-order chi connectivity index (χ1) is 6.74. The standard InChI is InChI=1S/C10H9NO3/c1-14-10(13)7-5-8-6(9(7)12)3-2-4-11-8/h2-4,7H,5H2,1H3. The van der Waals surface area contributed by atoms with Gasteiger partial charge in [0, 0.05) is 18.2 Å². The van der Waals surface area contributed by atoms with Gasteiger partial charge in [0.1, 0.15) is 5.92 Å². The number of esters is 1. The average molecular weight is 191 g/mol. The Morgan fingerprint density at radius 3 is 3.07 bits per heavy atom. The number of hydrogen-bond acceptors (Lipinski definition) is 4. The molecule has 0 spiro atoms. The van der Waals surface area contributed by atoms with Crippen molar-refractivity contribution in [3.05, 3.63) is 29.6 Å². The minimum atomic E-state index is -0.690. The van der Waals surface area contributed by atoms with Crippen LogP contribution in [0.5, 0.6) is 0 Å². The smallest absolute Gasteiger partial charge is 0.316 e. The first-order valence-corrected chi connectivity index (χ1v) is 4.30. The highest BCUT2D eigenvalue weighted by atomic mass is 16.5. The molecule has 0 saturated carbocycles. The molecule has 0 aromatic carbocycles. The molecule has 0 bridgehead atoms. The Morgan fingerprint density at radius 1 is 1.64 bits per heavy atom. The van der Waals surface area contributed by atoms with Crippen LogP contribution in [0.15, 0.2) is 18.3 Å². The molecule has 1 unspecified atom stereocenters. The van der Waals surface area contributed by atoms with Gasteiger partial charge in [-0.1, -0.05) is 0 Å². The Bertz CT molecular complexity index is 400. The van der Waals surface area contributed by atoms with Gasteiger partial charge in [0.15, 0.2) is 5.78 Å². The Labute approximate surface area is 80.9 Å². The van der Waals surface area contributed by atoms with Crippen molar-refractivity contribution < 1.29 is 14.3 Å². The van der Waals surface area contributed by atoms with Gasteiger partial charge in [0.25, 0.3) is 0 Å². The number of rotatable bonds is 1. The second-order valence-corrected chi connectivity index (χ2v) is 3.14. The van der Waals surface area contributed by atoms with Crippen LogP contribution < -0.4 is 0 Å². The van der Waals surface area contributed by atoms with Gasteiger partial charge in [0.05, 0.1) is 12.8 Å². The first kappa shape index (κ1) is 8.87. The molecule has 4 nitrogen and oxygen atoms in total. The van der Waals surface area contributed by atoms with E-state index in [0.29, 0.717) is 17.7 Å². The number of hydrogen-bond donors (Lipinski definition) is 0. The third-order valence-electron chi connectivity index (χ3n) is 2.36. The van der Waals surface area contributed by atoms with E-state index in [1.165, 1.54) is 7.11 Å². The lowest BCUT2D eigenvalue weighted by atomic mass is 10.1. The van der Waals surface area contributed by atoms with E-state index >= 15 is 0 Å². The van der Waals surface area contributed by atoms with Gasteiger partial charge >= 0.3 is 5.97 Å². The van der Waals surface area contributed by atoms with Crippen molar-refractivity contribution in [3.8, 4) is 0 Å². The summed E-state index contributed by atoms with van der Waals surface area (Å²) in [6.07, 6.45) is 1.98. The van der Waals surface area contributed by atoms with Crippen LogP contribution in [0, 0.1) is 5.92 Å². The van der Waals surface area contributed by atoms with Crippen molar-refractivity contribution in [2.45, 2.75) is 6.42 Å². The van der Waals surface area contributed by atoms with E-state index in [1.54, 1.807) is 18.3 Å². The van der Waals surface area contributed by atoms with Gasteiger partial charge in [-0.2, -0.15) is 0 Å². The van der Waals surface area contributed by atoms with Crippen molar-refractivity contribution in [3.63, 3.8) is 0 Å². The van der Waals surface area contributed by atoms with Crippen molar-refractivity contribution in [1.82, 2.24) is 4.98 Å². The lowest BCUT2D eigenvalue weighted by Gasteiger charge is -2.03.